The van der Waals surface area contributed by atoms with Crippen LogP contribution in [0, 0.1) is 0 Å². The van der Waals surface area contributed by atoms with Crippen LogP contribution in [0.3, 0.4) is 0 Å². The Bertz CT molecular complexity index is 496. The van der Waals surface area contributed by atoms with Gasteiger partial charge in [-0.25, -0.2) is 13.1 Å². The minimum atomic E-state index is -4.46. The summed E-state index contributed by atoms with van der Waals surface area (Å²) in [4.78, 5) is -0.0444. The highest BCUT2D eigenvalue weighted by atomic mass is 32.2. The molecule has 0 saturated heterocycles. The number of hydrogen-bond acceptors (Lipinski definition) is 3. The molecular formula is C10H12F3NO3S. The Hall–Kier alpha value is -1.28. The van der Waals surface area contributed by atoms with E-state index in [9.17, 15) is 21.6 Å². The van der Waals surface area contributed by atoms with Gasteiger partial charge in [-0.1, -0.05) is 0 Å². The molecule has 1 aromatic carbocycles. The summed E-state index contributed by atoms with van der Waals surface area (Å²) < 4.78 is 66.1. The number of sulfonamides is 1. The minimum absolute atomic E-state index is 0.0444. The van der Waals surface area contributed by atoms with E-state index in [2.05, 4.69) is 9.46 Å². The van der Waals surface area contributed by atoms with E-state index < -0.39 is 22.3 Å². The number of rotatable bonds is 4. The summed E-state index contributed by atoms with van der Waals surface area (Å²) >= 11 is 0. The van der Waals surface area contributed by atoms with E-state index in [0.717, 1.165) is 6.92 Å². The third-order valence-corrected chi connectivity index (χ3v) is 3.61. The zero-order valence-corrected chi connectivity index (χ0v) is 10.5. The van der Waals surface area contributed by atoms with Crippen LogP contribution in [0.4, 0.5) is 13.2 Å². The van der Waals surface area contributed by atoms with Crippen LogP contribution in [0.1, 0.15) is 6.92 Å². The lowest BCUT2D eigenvalue weighted by Crippen LogP contribution is -2.31. The van der Waals surface area contributed by atoms with Gasteiger partial charge in [0.15, 0.2) is 6.10 Å². The van der Waals surface area contributed by atoms with Crippen LogP contribution in [0.25, 0.3) is 0 Å². The second-order valence-electron chi connectivity index (χ2n) is 3.48. The monoisotopic (exact) mass is 283 g/mol. The third kappa shape index (κ3) is 3.61. The van der Waals surface area contributed by atoms with E-state index in [1.807, 2.05) is 0 Å². The molecule has 1 aromatic rings. The fraction of sp³-hybridized carbons (Fsp3) is 0.400. The summed E-state index contributed by atoms with van der Waals surface area (Å²) in [6.07, 6.45) is -6.42. The number of nitrogens with one attached hydrogen (secondary N) is 1. The Balaban J connectivity index is 2.85. The lowest BCUT2D eigenvalue weighted by atomic mass is 10.3. The fourth-order valence-corrected chi connectivity index (χ4v) is 1.82. The van der Waals surface area contributed by atoms with Crippen molar-refractivity contribution >= 4 is 10.0 Å². The molecule has 102 valence electrons. The standard InChI is InChI=1S/C10H12F3NO3S/c1-7(10(11,12)13)17-8-3-5-9(6-4-8)18(15,16)14-2/h3-7,14H,1-2H3. The van der Waals surface area contributed by atoms with Crippen molar-refractivity contribution in [1.82, 2.24) is 4.72 Å². The average Bonchev–Trinajstić information content (AvgIpc) is 2.28. The fourth-order valence-electron chi connectivity index (χ4n) is 1.09. The van der Waals surface area contributed by atoms with E-state index in [1.165, 1.54) is 31.3 Å². The number of alkyl halides is 3. The second-order valence-corrected chi connectivity index (χ2v) is 5.37. The van der Waals surface area contributed by atoms with Gasteiger partial charge in [0.05, 0.1) is 4.90 Å². The Morgan fingerprint density at radius 3 is 2.11 bits per heavy atom. The molecule has 0 aliphatic heterocycles. The first-order chi connectivity index (χ1) is 8.16. The van der Waals surface area contributed by atoms with Gasteiger partial charge in [0.25, 0.3) is 0 Å². The zero-order valence-electron chi connectivity index (χ0n) is 9.65. The number of halogens is 3. The van der Waals surface area contributed by atoms with Crippen LogP contribution >= 0.6 is 0 Å². The molecule has 1 unspecified atom stereocenters. The Labute approximate surface area is 103 Å². The smallest absolute Gasteiger partial charge is 0.425 e. The van der Waals surface area contributed by atoms with Crippen LogP contribution < -0.4 is 9.46 Å². The summed E-state index contributed by atoms with van der Waals surface area (Å²) in [7, 11) is -2.36. The van der Waals surface area contributed by atoms with Gasteiger partial charge in [-0.15, -0.1) is 0 Å². The van der Waals surface area contributed by atoms with Crippen LogP contribution in [-0.4, -0.2) is 27.7 Å². The average molecular weight is 283 g/mol. The Kier molecular flexibility index (Phi) is 4.23. The molecule has 0 spiro atoms. The summed E-state index contributed by atoms with van der Waals surface area (Å²) in [5, 5.41) is 0. The van der Waals surface area contributed by atoms with Gasteiger partial charge >= 0.3 is 6.18 Å². The maximum atomic E-state index is 12.2. The maximum absolute atomic E-state index is 12.2. The van der Waals surface area contributed by atoms with Gasteiger partial charge in [-0.2, -0.15) is 13.2 Å². The van der Waals surface area contributed by atoms with Gasteiger partial charge < -0.3 is 4.74 Å². The molecule has 0 aliphatic rings. The van der Waals surface area contributed by atoms with Gasteiger partial charge in [0.2, 0.25) is 10.0 Å². The summed E-state index contributed by atoms with van der Waals surface area (Å²) in [6, 6.07) is 4.69. The normalized spacial score (nSPS) is 14.3. The zero-order chi connectivity index (χ0) is 14.0. The Morgan fingerprint density at radius 2 is 1.72 bits per heavy atom. The molecule has 1 N–H and O–H groups in total. The van der Waals surface area contributed by atoms with Gasteiger partial charge in [0, 0.05) is 0 Å². The van der Waals surface area contributed by atoms with E-state index >= 15 is 0 Å². The van der Waals surface area contributed by atoms with Crippen molar-refractivity contribution < 1.29 is 26.3 Å². The molecule has 0 aromatic heterocycles. The third-order valence-electron chi connectivity index (χ3n) is 2.18. The van der Waals surface area contributed by atoms with Crippen molar-refractivity contribution in [3.05, 3.63) is 24.3 Å². The molecule has 4 nitrogen and oxygen atoms in total. The van der Waals surface area contributed by atoms with Crippen molar-refractivity contribution in [2.75, 3.05) is 7.05 Å². The lowest BCUT2D eigenvalue weighted by molar-refractivity contribution is -0.189. The molecular weight excluding hydrogens is 271 g/mol. The lowest BCUT2D eigenvalue weighted by Gasteiger charge is -2.17. The highest BCUT2D eigenvalue weighted by molar-refractivity contribution is 7.89. The second kappa shape index (κ2) is 5.15. The predicted octanol–water partition coefficient (Wildman–Crippen LogP) is 1.92. The number of hydrogen-bond donors (Lipinski definition) is 1. The molecule has 0 bridgehead atoms. The van der Waals surface area contributed by atoms with Crippen molar-refractivity contribution in [3.63, 3.8) is 0 Å². The summed E-state index contributed by atoms with van der Waals surface area (Å²) in [5.41, 5.74) is 0. The first kappa shape index (κ1) is 14.8. The maximum Gasteiger partial charge on any atom is 0.425 e. The van der Waals surface area contributed by atoms with E-state index in [1.54, 1.807) is 0 Å². The van der Waals surface area contributed by atoms with Gasteiger partial charge in [-0.05, 0) is 38.2 Å². The number of benzene rings is 1. The SMILES string of the molecule is CNS(=O)(=O)c1ccc(OC(C)C(F)(F)F)cc1. The molecule has 0 fully saturated rings. The molecule has 0 aliphatic carbocycles. The molecule has 0 saturated carbocycles. The highest BCUT2D eigenvalue weighted by Gasteiger charge is 2.38. The molecule has 1 rings (SSSR count). The van der Waals surface area contributed by atoms with Gasteiger partial charge in [0.1, 0.15) is 5.75 Å². The molecule has 8 heteroatoms. The van der Waals surface area contributed by atoms with Crippen molar-refractivity contribution in [1.29, 1.82) is 0 Å². The predicted molar refractivity (Wildman–Crippen MR) is 58.8 cm³/mol. The van der Waals surface area contributed by atoms with Gasteiger partial charge in [-0.3, -0.25) is 0 Å². The van der Waals surface area contributed by atoms with Crippen LogP contribution in [0.15, 0.2) is 29.2 Å². The minimum Gasteiger partial charge on any atom is -0.481 e. The summed E-state index contributed by atoms with van der Waals surface area (Å²) in [6.45, 7) is 0.873. The molecule has 1 atom stereocenters. The molecule has 0 amide bonds. The largest absolute Gasteiger partial charge is 0.481 e. The number of ether oxygens (including phenoxy) is 1. The summed E-state index contributed by atoms with van der Waals surface area (Å²) in [5.74, 6) is -0.0464. The quantitative estimate of drug-likeness (QED) is 0.918. The van der Waals surface area contributed by atoms with E-state index in [0.29, 0.717) is 0 Å². The molecule has 0 radical (unpaired) electrons. The van der Waals surface area contributed by atoms with Crippen LogP contribution in [-0.2, 0) is 10.0 Å². The molecule has 18 heavy (non-hydrogen) atoms. The van der Waals surface area contributed by atoms with Crippen molar-refractivity contribution in [2.24, 2.45) is 0 Å². The van der Waals surface area contributed by atoms with E-state index in [4.69, 9.17) is 0 Å². The Morgan fingerprint density at radius 1 is 1.22 bits per heavy atom. The first-order valence-electron chi connectivity index (χ1n) is 4.94. The van der Waals surface area contributed by atoms with Crippen LogP contribution in [0.5, 0.6) is 5.75 Å². The topological polar surface area (TPSA) is 55.4 Å². The van der Waals surface area contributed by atoms with Crippen molar-refractivity contribution in [3.8, 4) is 5.75 Å². The van der Waals surface area contributed by atoms with Crippen molar-refractivity contribution in [2.45, 2.75) is 24.1 Å². The van der Waals surface area contributed by atoms with Crippen LogP contribution in [0.2, 0.25) is 0 Å². The molecule has 0 heterocycles. The van der Waals surface area contributed by atoms with E-state index in [-0.39, 0.29) is 10.6 Å². The highest BCUT2D eigenvalue weighted by Crippen LogP contribution is 2.25. The first-order valence-corrected chi connectivity index (χ1v) is 6.42.